The summed E-state index contributed by atoms with van der Waals surface area (Å²) in [6, 6.07) is 0. The topological polar surface area (TPSA) is 77.7 Å². The van der Waals surface area contributed by atoms with Crippen LogP contribution in [0.15, 0.2) is 12.3 Å². The molecular weight excluding hydrogens is 223 g/mol. The fraction of sp³-hybridized carbons (Fsp3) is 0.778. The van der Waals surface area contributed by atoms with Crippen LogP contribution in [-0.2, 0) is 0 Å². The van der Waals surface area contributed by atoms with E-state index in [4.69, 9.17) is 0 Å². The van der Waals surface area contributed by atoms with Crippen LogP contribution in [0.1, 0.15) is 6.92 Å². The summed E-state index contributed by atoms with van der Waals surface area (Å²) in [5, 5.41) is 14.9. The second kappa shape index (κ2) is 10.7. The average Bonchev–Trinajstić information content (AvgIpc) is 2.19. The van der Waals surface area contributed by atoms with Gasteiger partial charge in [0, 0.05) is 13.1 Å². The van der Waals surface area contributed by atoms with Gasteiger partial charge in [0.1, 0.15) is 0 Å². The number of hydrogen-bond acceptors (Lipinski definition) is 3. The van der Waals surface area contributed by atoms with Gasteiger partial charge in [0.15, 0.2) is 0 Å². The molecule has 1 aliphatic heterocycles. The molecule has 1 fully saturated rings. The zero-order valence-corrected chi connectivity index (χ0v) is 9.44. The summed E-state index contributed by atoms with van der Waals surface area (Å²) < 4.78 is 32.0. The molecule has 16 heavy (non-hydrogen) atoms. The summed E-state index contributed by atoms with van der Waals surface area (Å²) >= 11 is 0. The van der Waals surface area contributed by atoms with Gasteiger partial charge in [-0.1, -0.05) is 6.92 Å². The number of rotatable bonds is 0. The number of piperazine rings is 1. The van der Waals surface area contributed by atoms with Crippen LogP contribution in [-0.4, -0.2) is 38.9 Å². The minimum atomic E-state index is -4.18. The van der Waals surface area contributed by atoms with Gasteiger partial charge in [0.25, 0.3) is 0 Å². The predicted octanol–water partition coefficient (Wildman–Crippen LogP) is -1.46. The molecule has 0 aromatic carbocycles. The lowest BCUT2D eigenvalue weighted by atomic mass is 10.4. The van der Waals surface area contributed by atoms with Crippen molar-refractivity contribution in [3.05, 3.63) is 12.3 Å². The van der Waals surface area contributed by atoms with Crippen LogP contribution in [0.2, 0.25) is 0 Å². The zero-order valence-electron chi connectivity index (χ0n) is 9.44. The van der Waals surface area contributed by atoms with Crippen molar-refractivity contribution in [1.29, 1.82) is 0 Å². The summed E-state index contributed by atoms with van der Waals surface area (Å²) in [5.74, 6) is -0.0833. The van der Waals surface area contributed by atoms with Crippen molar-refractivity contribution in [2.24, 2.45) is 5.73 Å². The van der Waals surface area contributed by atoms with Gasteiger partial charge in [-0.3, -0.25) is 0 Å². The lowest BCUT2D eigenvalue weighted by Gasteiger charge is -2.07. The molecule has 0 unspecified atom stereocenters. The third-order valence-corrected chi connectivity index (χ3v) is 1.28. The van der Waals surface area contributed by atoms with Crippen molar-refractivity contribution in [1.82, 2.24) is 5.32 Å². The Hall–Kier alpha value is -0.790. The summed E-state index contributed by atoms with van der Waals surface area (Å²) in [4.78, 5) is 0. The van der Waals surface area contributed by atoms with Gasteiger partial charge < -0.3 is 21.5 Å². The minimum absolute atomic E-state index is 0.0833. The van der Waals surface area contributed by atoms with E-state index in [1.54, 1.807) is 0 Å². The highest BCUT2D eigenvalue weighted by Gasteiger charge is 2.23. The molecule has 0 spiro atoms. The average molecular weight is 243 g/mol. The van der Waals surface area contributed by atoms with E-state index in [0.29, 0.717) is 0 Å². The van der Waals surface area contributed by atoms with E-state index in [-0.39, 0.29) is 5.76 Å². The summed E-state index contributed by atoms with van der Waals surface area (Å²) in [7, 11) is 0. The number of nitrogens with two attached hydrogens (primary N) is 2. The van der Waals surface area contributed by atoms with Crippen molar-refractivity contribution in [3.63, 3.8) is 0 Å². The highest BCUT2D eigenvalue weighted by molar-refractivity contribution is 4.64. The van der Waals surface area contributed by atoms with E-state index in [1.807, 2.05) is 0 Å². The molecule has 0 aromatic heterocycles. The van der Waals surface area contributed by atoms with Gasteiger partial charge in [-0.2, -0.15) is 13.2 Å². The van der Waals surface area contributed by atoms with E-state index in [9.17, 15) is 18.3 Å². The Balaban J connectivity index is 0. The number of allylic oxidation sites excluding steroid dienone is 1. The second-order valence-corrected chi connectivity index (χ2v) is 3.14. The molecule has 98 valence electrons. The Kier molecular flexibility index (Phi) is 11.8. The van der Waals surface area contributed by atoms with Crippen LogP contribution in [0.5, 0.6) is 0 Å². The van der Waals surface area contributed by atoms with Crippen LogP contribution >= 0.6 is 0 Å². The maximum atomic E-state index is 10.7. The second-order valence-electron chi connectivity index (χ2n) is 3.14. The van der Waals surface area contributed by atoms with Crippen LogP contribution in [0.3, 0.4) is 0 Å². The molecule has 5 N–H and O–H groups in total. The van der Waals surface area contributed by atoms with E-state index >= 15 is 0 Å². The number of alkyl halides is 3. The first-order valence-corrected chi connectivity index (χ1v) is 4.91. The maximum absolute atomic E-state index is 10.7. The lowest BCUT2D eigenvalue weighted by molar-refractivity contribution is -0.657. The lowest BCUT2D eigenvalue weighted by Crippen LogP contribution is -2.89. The van der Waals surface area contributed by atoms with Gasteiger partial charge >= 0.3 is 6.18 Å². The monoisotopic (exact) mass is 243 g/mol. The van der Waals surface area contributed by atoms with Gasteiger partial charge in [0.2, 0.25) is 0 Å². The van der Waals surface area contributed by atoms with Gasteiger partial charge in [-0.15, -0.1) is 12.3 Å². The highest BCUT2D eigenvalue weighted by atomic mass is 19.4. The molecule has 1 rings (SSSR count). The van der Waals surface area contributed by atoms with Crippen molar-refractivity contribution in [2.45, 2.75) is 13.1 Å². The van der Waals surface area contributed by atoms with Gasteiger partial charge in [-0.05, 0) is 0 Å². The molecule has 0 saturated carbocycles. The SMILES string of the molecule is C1C[NH2+]CCN1.C=C(C)[O-].NCC(F)(F)F. The predicted molar refractivity (Wildman–Crippen MR) is 54.5 cm³/mol. The molecule has 1 saturated heterocycles. The number of nitrogens with one attached hydrogen (secondary N) is 1. The van der Waals surface area contributed by atoms with Crippen molar-refractivity contribution in [3.8, 4) is 0 Å². The molecule has 0 aliphatic carbocycles. The molecule has 0 aromatic rings. The van der Waals surface area contributed by atoms with E-state index < -0.39 is 12.7 Å². The van der Waals surface area contributed by atoms with Crippen LogP contribution in [0.25, 0.3) is 0 Å². The first-order chi connectivity index (χ1) is 7.29. The first kappa shape index (κ1) is 17.6. The number of hydrogen-bond donors (Lipinski definition) is 3. The zero-order chi connectivity index (χ0) is 13.0. The Labute approximate surface area is 93.7 Å². The van der Waals surface area contributed by atoms with Gasteiger partial charge in [-0.25, -0.2) is 0 Å². The molecular formula is C9H20F3N3O. The minimum Gasteiger partial charge on any atom is -0.876 e. The van der Waals surface area contributed by atoms with Gasteiger partial charge in [0.05, 0.1) is 19.6 Å². The number of halogens is 3. The smallest absolute Gasteiger partial charge is 0.400 e. The Morgan fingerprint density at radius 2 is 1.75 bits per heavy atom. The molecule has 1 heterocycles. The standard InChI is InChI=1S/C4H10N2.C3H6O.C2H4F3N/c1-2-6-4-3-5-1;1-3(2)4;3-2(4,5)1-6/h5-6H,1-4H2;4H,1H2,2H3;1,6H2. The summed E-state index contributed by atoms with van der Waals surface area (Å²) in [5.41, 5.74) is 4.18. The normalized spacial score (nSPS) is 15.1. The fourth-order valence-electron chi connectivity index (χ4n) is 0.678. The fourth-order valence-corrected chi connectivity index (χ4v) is 0.678. The third kappa shape index (κ3) is 29.2. The Morgan fingerprint density at radius 1 is 1.44 bits per heavy atom. The van der Waals surface area contributed by atoms with Crippen LogP contribution in [0, 0.1) is 0 Å². The van der Waals surface area contributed by atoms with E-state index in [1.165, 1.54) is 33.1 Å². The largest absolute Gasteiger partial charge is 0.876 e. The molecule has 0 atom stereocenters. The molecule has 0 bridgehead atoms. The molecule has 7 heteroatoms. The maximum Gasteiger partial charge on any atom is 0.400 e. The van der Waals surface area contributed by atoms with Crippen LogP contribution in [0.4, 0.5) is 13.2 Å². The first-order valence-electron chi connectivity index (χ1n) is 4.91. The summed E-state index contributed by atoms with van der Waals surface area (Å²) in [6.45, 7) is 8.10. The molecule has 0 radical (unpaired) electrons. The Bertz CT molecular complexity index is 154. The Morgan fingerprint density at radius 3 is 1.81 bits per heavy atom. The molecule has 0 amide bonds. The molecule has 4 nitrogen and oxygen atoms in total. The van der Waals surface area contributed by atoms with Crippen LogP contribution < -0.4 is 21.5 Å². The highest BCUT2D eigenvalue weighted by Crippen LogP contribution is 2.10. The van der Waals surface area contributed by atoms with Crippen molar-refractivity contribution >= 4 is 0 Å². The molecule has 1 aliphatic rings. The third-order valence-electron chi connectivity index (χ3n) is 1.28. The van der Waals surface area contributed by atoms with E-state index in [0.717, 1.165) is 0 Å². The van der Waals surface area contributed by atoms with Crippen molar-refractivity contribution < 1.29 is 23.6 Å². The quantitative estimate of drug-likeness (QED) is 0.455. The number of quaternary nitrogens is 1. The summed E-state index contributed by atoms with van der Waals surface area (Å²) in [6.07, 6.45) is -4.18. The van der Waals surface area contributed by atoms with E-state index in [2.05, 4.69) is 22.9 Å². The van der Waals surface area contributed by atoms with Crippen molar-refractivity contribution in [2.75, 3.05) is 32.7 Å².